The first-order valence-corrected chi connectivity index (χ1v) is 9.35. The zero-order valence-electron chi connectivity index (χ0n) is 15.9. The Labute approximate surface area is 151 Å². The maximum atomic E-state index is 5.09. The Balaban J connectivity index is 1.79. The summed E-state index contributed by atoms with van der Waals surface area (Å²) in [6.07, 6.45) is 4.50. The number of hydrogen-bond acceptors (Lipinski definition) is 5. The minimum atomic E-state index is 0.562. The van der Waals surface area contributed by atoms with Crippen molar-refractivity contribution in [2.24, 2.45) is 4.99 Å². The van der Waals surface area contributed by atoms with Crippen LogP contribution in [0.1, 0.15) is 37.8 Å². The molecule has 2 N–H and O–H groups in total. The third-order valence-corrected chi connectivity index (χ3v) is 4.33. The number of aliphatic imine (C=N–C) groups is 1. The predicted molar refractivity (Wildman–Crippen MR) is 99.8 cm³/mol. The van der Waals surface area contributed by atoms with E-state index >= 15 is 0 Å². The van der Waals surface area contributed by atoms with Gasteiger partial charge in [-0.05, 0) is 33.2 Å². The topological polar surface area (TPSA) is 79.6 Å². The van der Waals surface area contributed by atoms with Gasteiger partial charge in [0.1, 0.15) is 12.4 Å². The van der Waals surface area contributed by atoms with E-state index in [-0.39, 0.29) is 0 Å². The molecule has 0 radical (unpaired) electrons. The number of likely N-dealkylation sites (N-methyl/N-ethyl adjacent to an activating group) is 1. The predicted octanol–water partition coefficient (Wildman–Crippen LogP) is 0.638. The Bertz CT molecular complexity index is 529. The second kappa shape index (κ2) is 11.0. The van der Waals surface area contributed by atoms with Crippen LogP contribution in [-0.2, 0) is 24.2 Å². The summed E-state index contributed by atoms with van der Waals surface area (Å²) in [5.74, 6) is 2.90. The largest absolute Gasteiger partial charge is 0.385 e. The van der Waals surface area contributed by atoms with Crippen molar-refractivity contribution in [1.29, 1.82) is 0 Å². The van der Waals surface area contributed by atoms with Crippen molar-refractivity contribution >= 4 is 5.96 Å². The molecule has 8 heteroatoms. The molecule has 142 valence electrons. The molecule has 1 aromatic heterocycles. The second-order valence-electron chi connectivity index (χ2n) is 6.41. The van der Waals surface area contributed by atoms with E-state index in [4.69, 9.17) is 4.74 Å². The average Bonchev–Trinajstić information content (AvgIpc) is 3.03. The standard InChI is InChI=1S/C17H33N7O/c1-4-18-17(19-9-12-23(2)10-7-13-25-3)20-14-16-22-21-15-8-5-6-11-24(15)16/h4-14H2,1-3H3,(H2,18,19,20). The highest BCUT2D eigenvalue weighted by atomic mass is 16.5. The van der Waals surface area contributed by atoms with Crippen LogP contribution < -0.4 is 10.6 Å². The molecule has 1 aromatic rings. The van der Waals surface area contributed by atoms with Crippen molar-refractivity contribution in [3.8, 4) is 0 Å². The van der Waals surface area contributed by atoms with Gasteiger partial charge in [0.25, 0.3) is 0 Å². The number of fused-ring (bicyclic) bond motifs is 1. The van der Waals surface area contributed by atoms with E-state index in [0.29, 0.717) is 6.54 Å². The number of ether oxygens (including phenoxy) is 1. The Kier molecular flexibility index (Phi) is 8.68. The highest BCUT2D eigenvalue weighted by Crippen LogP contribution is 2.14. The van der Waals surface area contributed by atoms with Gasteiger partial charge < -0.3 is 24.8 Å². The fraction of sp³-hybridized carbons (Fsp3) is 0.824. The van der Waals surface area contributed by atoms with Gasteiger partial charge in [-0.15, -0.1) is 10.2 Å². The van der Waals surface area contributed by atoms with Gasteiger partial charge in [0.05, 0.1) is 0 Å². The summed E-state index contributed by atoms with van der Waals surface area (Å²) in [5, 5.41) is 15.3. The minimum Gasteiger partial charge on any atom is -0.385 e. The summed E-state index contributed by atoms with van der Waals surface area (Å²) in [5.41, 5.74) is 0. The molecule has 0 amide bonds. The lowest BCUT2D eigenvalue weighted by atomic mass is 10.2. The molecule has 0 saturated heterocycles. The number of aryl methyl sites for hydroxylation is 1. The van der Waals surface area contributed by atoms with E-state index in [9.17, 15) is 0 Å². The van der Waals surface area contributed by atoms with Crippen LogP contribution in [0, 0.1) is 0 Å². The van der Waals surface area contributed by atoms with Crippen molar-refractivity contribution in [1.82, 2.24) is 30.3 Å². The van der Waals surface area contributed by atoms with Crippen LogP contribution >= 0.6 is 0 Å². The normalized spacial score (nSPS) is 14.6. The summed E-state index contributed by atoms with van der Waals surface area (Å²) in [4.78, 5) is 6.97. The van der Waals surface area contributed by atoms with Crippen LogP contribution in [0.4, 0.5) is 0 Å². The summed E-state index contributed by atoms with van der Waals surface area (Å²) >= 11 is 0. The number of rotatable bonds is 10. The molecule has 1 aliphatic rings. The lowest BCUT2D eigenvalue weighted by molar-refractivity contribution is 0.180. The van der Waals surface area contributed by atoms with Crippen LogP contribution in [0.15, 0.2) is 4.99 Å². The van der Waals surface area contributed by atoms with E-state index in [1.165, 1.54) is 12.8 Å². The Morgan fingerprint density at radius 3 is 2.96 bits per heavy atom. The third kappa shape index (κ3) is 6.62. The Hall–Kier alpha value is -1.67. The fourth-order valence-corrected chi connectivity index (χ4v) is 2.93. The van der Waals surface area contributed by atoms with Crippen LogP contribution in [0.3, 0.4) is 0 Å². The van der Waals surface area contributed by atoms with E-state index in [2.05, 4.69) is 49.3 Å². The summed E-state index contributed by atoms with van der Waals surface area (Å²) in [7, 11) is 3.87. The van der Waals surface area contributed by atoms with Crippen molar-refractivity contribution in [2.75, 3.05) is 46.9 Å². The van der Waals surface area contributed by atoms with E-state index < -0.39 is 0 Å². The maximum Gasteiger partial charge on any atom is 0.191 e. The Morgan fingerprint density at radius 2 is 2.16 bits per heavy atom. The number of nitrogens with zero attached hydrogens (tertiary/aromatic N) is 5. The number of methoxy groups -OCH3 is 1. The second-order valence-corrected chi connectivity index (χ2v) is 6.41. The molecule has 0 spiro atoms. The molecular weight excluding hydrogens is 318 g/mol. The fourth-order valence-electron chi connectivity index (χ4n) is 2.93. The quantitative estimate of drug-likeness (QED) is 0.366. The van der Waals surface area contributed by atoms with Crippen molar-refractivity contribution in [2.45, 2.75) is 45.7 Å². The molecule has 8 nitrogen and oxygen atoms in total. The number of hydrogen-bond donors (Lipinski definition) is 2. The van der Waals surface area contributed by atoms with E-state index in [1.807, 2.05) is 0 Å². The molecule has 0 saturated carbocycles. The smallest absolute Gasteiger partial charge is 0.191 e. The molecule has 0 unspecified atom stereocenters. The molecule has 25 heavy (non-hydrogen) atoms. The number of nitrogens with one attached hydrogen (secondary N) is 2. The van der Waals surface area contributed by atoms with Gasteiger partial charge in [0.2, 0.25) is 0 Å². The van der Waals surface area contributed by atoms with Crippen molar-refractivity contribution in [3.05, 3.63) is 11.6 Å². The highest BCUT2D eigenvalue weighted by molar-refractivity contribution is 5.79. The zero-order chi connectivity index (χ0) is 17.9. The van der Waals surface area contributed by atoms with Gasteiger partial charge in [0, 0.05) is 52.9 Å². The van der Waals surface area contributed by atoms with Crippen molar-refractivity contribution in [3.63, 3.8) is 0 Å². The third-order valence-electron chi connectivity index (χ3n) is 4.33. The first-order valence-electron chi connectivity index (χ1n) is 9.35. The lowest BCUT2D eigenvalue weighted by Gasteiger charge is -2.18. The van der Waals surface area contributed by atoms with Gasteiger partial charge in [-0.2, -0.15) is 0 Å². The highest BCUT2D eigenvalue weighted by Gasteiger charge is 2.15. The van der Waals surface area contributed by atoms with Crippen LogP contribution in [-0.4, -0.2) is 72.6 Å². The molecule has 1 aliphatic heterocycles. The van der Waals surface area contributed by atoms with Gasteiger partial charge in [-0.25, -0.2) is 4.99 Å². The first-order chi connectivity index (χ1) is 12.2. The molecule has 0 bridgehead atoms. The zero-order valence-corrected chi connectivity index (χ0v) is 15.9. The van der Waals surface area contributed by atoms with E-state index in [0.717, 1.165) is 69.8 Å². The molecule has 2 rings (SSSR count). The average molecular weight is 351 g/mol. The van der Waals surface area contributed by atoms with Crippen LogP contribution in [0.25, 0.3) is 0 Å². The van der Waals surface area contributed by atoms with E-state index in [1.54, 1.807) is 7.11 Å². The molecule has 0 atom stereocenters. The number of guanidine groups is 1. The Morgan fingerprint density at radius 1 is 1.28 bits per heavy atom. The first kappa shape index (κ1) is 19.7. The number of aromatic nitrogens is 3. The lowest BCUT2D eigenvalue weighted by Crippen LogP contribution is -2.41. The molecule has 0 fully saturated rings. The molecule has 0 aromatic carbocycles. The van der Waals surface area contributed by atoms with Gasteiger partial charge in [-0.3, -0.25) is 0 Å². The van der Waals surface area contributed by atoms with Gasteiger partial charge in [-0.1, -0.05) is 0 Å². The minimum absolute atomic E-state index is 0.562. The van der Waals surface area contributed by atoms with Gasteiger partial charge >= 0.3 is 0 Å². The van der Waals surface area contributed by atoms with Gasteiger partial charge in [0.15, 0.2) is 11.8 Å². The van der Waals surface area contributed by atoms with Crippen LogP contribution in [0.2, 0.25) is 0 Å². The maximum absolute atomic E-state index is 5.09. The van der Waals surface area contributed by atoms with Crippen LogP contribution in [0.5, 0.6) is 0 Å². The summed E-state index contributed by atoms with van der Waals surface area (Å²) in [6.45, 7) is 8.16. The molecule has 0 aliphatic carbocycles. The summed E-state index contributed by atoms with van der Waals surface area (Å²) < 4.78 is 7.31. The molecular formula is C17H33N7O. The van der Waals surface area contributed by atoms with Crippen molar-refractivity contribution < 1.29 is 4.74 Å². The molecule has 2 heterocycles. The SMILES string of the molecule is CCNC(=NCc1nnc2n1CCCC2)NCCN(C)CCCOC. The summed E-state index contributed by atoms with van der Waals surface area (Å²) in [6, 6.07) is 0. The monoisotopic (exact) mass is 351 g/mol.